The van der Waals surface area contributed by atoms with Crippen LogP contribution in [-0.4, -0.2) is 5.96 Å². The van der Waals surface area contributed by atoms with Gasteiger partial charge in [-0.3, -0.25) is 0 Å². The second kappa shape index (κ2) is 4.51. The Bertz CT molecular complexity index is 440. The lowest BCUT2D eigenvalue weighted by Crippen LogP contribution is -2.21. The highest BCUT2D eigenvalue weighted by Crippen LogP contribution is 2.39. The molecule has 0 saturated heterocycles. The number of rotatable bonds is 1. The monoisotopic (exact) mass is 242 g/mol. The van der Waals surface area contributed by atoms with Crippen LogP contribution in [0.2, 0.25) is 0 Å². The Balaban J connectivity index is 0.00000112. The van der Waals surface area contributed by atoms with Gasteiger partial charge < -0.3 is 11.5 Å². The number of hydrogen-bond donors (Lipinski definition) is 2. The topological polar surface area (TPSA) is 88.2 Å². The normalized spacial score (nSPS) is 12.5. The van der Waals surface area contributed by atoms with Gasteiger partial charge in [0.1, 0.15) is 11.1 Å². The molecule has 4 N–H and O–H groups in total. The largest absolute Gasteiger partial charge is 0.370 e. The lowest BCUT2D eigenvalue weighted by atomic mass is 10.1. The summed E-state index contributed by atoms with van der Waals surface area (Å²) in [6.45, 7) is 0. The van der Waals surface area contributed by atoms with Crippen molar-refractivity contribution >= 4 is 34.7 Å². The lowest BCUT2D eigenvalue weighted by molar-refractivity contribution is 0.913. The number of nitriles is 1. The molecular weight excluding hydrogens is 232 g/mol. The zero-order chi connectivity index (χ0) is 10.1. The van der Waals surface area contributed by atoms with Crippen LogP contribution in [-0.2, 0) is 12.8 Å². The van der Waals surface area contributed by atoms with E-state index in [1.807, 2.05) is 0 Å². The van der Waals surface area contributed by atoms with Crippen LogP contribution in [0.4, 0.5) is 5.00 Å². The van der Waals surface area contributed by atoms with Gasteiger partial charge in [-0.25, -0.2) is 4.99 Å². The summed E-state index contributed by atoms with van der Waals surface area (Å²) in [4.78, 5) is 5.23. The van der Waals surface area contributed by atoms with E-state index in [4.69, 9.17) is 16.7 Å². The summed E-state index contributed by atoms with van der Waals surface area (Å²) in [5.41, 5.74) is 12.4. The van der Waals surface area contributed by atoms with E-state index in [2.05, 4.69) is 11.1 Å². The number of thiophene rings is 1. The Morgan fingerprint density at radius 1 is 1.40 bits per heavy atom. The molecule has 0 saturated carbocycles. The maximum absolute atomic E-state index is 8.99. The molecule has 0 aromatic carbocycles. The molecule has 0 atom stereocenters. The highest BCUT2D eigenvalue weighted by molar-refractivity contribution is 7.16. The van der Waals surface area contributed by atoms with Crippen LogP contribution in [0.5, 0.6) is 0 Å². The van der Waals surface area contributed by atoms with Gasteiger partial charge in [0, 0.05) is 4.88 Å². The van der Waals surface area contributed by atoms with Crippen molar-refractivity contribution < 1.29 is 0 Å². The predicted octanol–water partition coefficient (Wildman–Crippen LogP) is 1.44. The van der Waals surface area contributed by atoms with E-state index in [0.29, 0.717) is 10.6 Å². The van der Waals surface area contributed by atoms with Crippen molar-refractivity contribution in [2.75, 3.05) is 0 Å². The molecule has 1 heterocycles. The molecule has 1 aromatic rings. The number of halogens is 1. The molecule has 80 valence electrons. The van der Waals surface area contributed by atoms with Gasteiger partial charge >= 0.3 is 0 Å². The first kappa shape index (κ1) is 11.8. The second-order valence-electron chi connectivity index (χ2n) is 3.19. The molecule has 2 rings (SSSR count). The zero-order valence-electron chi connectivity index (χ0n) is 7.99. The Kier molecular flexibility index (Phi) is 3.56. The smallest absolute Gasteiger partial charge is 0.192 e. The number of hydrogen-bond acceptors (Lipinski definition) is 3. The third kappa shape index (κ3) is 2.06. The predicted molar refractivity (Wildman–Crippen MR) is 63.8 cm³/mol. The molecule has 1 aromatic heterocycles. The van der Waals surface area contributed by atoms with Crippen LogP contribution in [0.15, 0.2) is 4.99 Å². The van der Waals surface area contributed by atoms with Gasteiger partial charge in [0.2, 0.25) is 0 Å². The van der Waals surface area contributed by atoms with Gasteiger partial charge in [-0.05, 0) is 24.8 Å². The fourth-order valence-corrected chi connectivity index (χ4v) is 2.93. The first-order valence-electron chi connectivity index (χ1n) is 4.36. The van der Waals surface area contributed by atoms with Gasteiger partial charge in [-0.1, -0.05) is 0 Å². The van der Waals surface area contributed by atoms with Crippen LogP contribution >= 0.6 is 23.7 Å². The minimum absolute atomic E-state index is 0. The first-order valence-corrected chi connectivity index (χ1v) is 5.18. The van der Waals surface area contributed by atoms with Crippen LogP contribution < -0.4 is 11.5 Å². The molecule has 0 fully saturated rings. The highest BCUT2D eigenvalue weighted by Gasteiger charge is 2.21. The fraction of sp³-hybridized carbons (Fsp3) is 0.333. The maximum atomic E-state index is 8.99. The molecule has 0 unspecified atom stereocenters. The summed E-state index contributed by atoms with van der Waals surface area (Å²) in [5, 5.41) is 9.65. The summed E-state index contributed by atoms with van der Waals surface area (Å²) < 4.78 is 0. The van der Waals surface area contributed by atoms with E-state index in [-0.39, 0.29) is 18.4 Å². The highest BCUT2D eigenvalue weighted by atomic mass is 35.5. The average molecular weight is 243 g/mol. The van der Waals surface area contributed by atoms with Crippen molar-refractivity contribution in [3.63, 3.8) is 0 Å². The van der Waals surface area contributed by atoms with Crippen LogP contribution in [0.25, 0.3) is 0 Å². The van der Waals surface area contributed by atoms with Crippen molar-refractivity contribution in [1.29, 1.82) is 5.26 Å². The van der Waals surface area contributed by atoms with Gasteiger partial charge in [0.15, 0.2) is 5.96 Å². The minimum atomic E-state index is 0. The van der Waals surface area contributed by atoms with Gasteiger partial charge in [-0.2, -0.15) is 5.26 Å². The Morgan fingerprint density at radius 2 is 2.13 bits per heavy atom. The summed E-state index contributed by atoms with van der Waals surface area (Å²) in [6, 6.07) is 2.17. The standard InChI is InChI=1S/C9H10N4S.ClH/c10-4-6-5-2-1-3-7(5)14-8(6)13-9(11)12;/h1-3H2,(H4,11,12,13);1H. The Hall–Kier alpha value is -1.25. The molecule has 15 heavy (non-hydrogen) atoms. The van der Waals surface area contributed by atoms with Crippen molar-refractivity contribution in [1.82, 2.24) is 0 Å². The molecule has 0 spiro atoms. The molecule has 4 nitrogen and oxygen atoms in total. The fourth-order valence-electron chi connectivity index (χ4n) is 1.70. The molecular formula is C9H11ClN4S. The van der Waals surface area contributed by atoms with E-state index in [9.17, 15) is 0 Å². The van der Waals surface area contributed by atoms with E-state index in [1.54, 1.807) is 0 Å². The van der Waals surface area contributed by atoms with E-state index in [1.165, 1.54) is 16.2 Å². The number of aryl methyl sites for hydroxylation is 1. The summed E-state index contributed by atoms with van der Waals surface area (Å²) in [7, 11) is 0. The molecule has 6 heteroatoms. The van der Waals surface area contributed by atoms with Crippen LogP contribution in [0.1, 0.15) is 22.4 Å². The zero-order valence-corrected chi connectivity index (χ0v) is 9.62. The molecule has 0 aliphatic heterocycles. The summed E-state index contributed by atoms with van der Waals surface area (Å²) in [5.74, 6) is 0.0152. The van der Waals surface area contributed by atoms with Crippen molar-refractivity contribution in [3.8, 4) is 6.07 Å². The third-order valence-corrected chi connectivity index (χ3v) is 3.43. The van der Waals surface area contributed by atoms with Crippen molar-refractivity contribution in [2.24, 2.45) is 16.5 Å². The molecule has 1 aliphatic carbocycles. The van der Waals surface area contributed by atoms with E-state index >= 15 is 0 Å². The molecule has 0 amide bonds. The number of guanidine groups is 1. The SMILES string of the molecule is Cl.N#Cc1c(N=C(N)N)sc2c1CCC2. The lowest BCUT2D eigenvalue weighted by Gasteiger charge is -1.92. The summed E-state index contributed by atoms with van der Waals surface area (Å²) in [6.07, 6.45) is 3.17. The minimum Gasteiger partial charge on any atom is -0.370 e. The average Bonchev–Trinajstić information content (AvgIpc) is 2.62. The van der Waals surface area contributed by atoms with Crippen LogP contribution in [0, 0.1) is 11.3 Å². The van der Waals surface area contributed by atoms with E-state index < -0.39 is 0 Å². The molecule has 0 bridgehead atoms. The Labute approximate surface area is 98.0 Å². The van der Waals surface area contributed by atoms with Crippen molar-refractivity contribution in [2.45, 2.75) is 19.3 Å². The second-order valence-corrected chi connectivity index (χ2v) is 4.27. The Morgan fingerprint density at radius 3 is 2.73 bits per heavy atom. The van der Waals surface area contributed by atoms with Gasteiger partial charge in [0.25, 0.3) is 0 Å². The summed E-state index contributed by atoms with van der Waals surface area (Å²) >= 11 is 1.53. The van der Waals surface area contributed by atoms with Gasteiger partial charge in [-0.15, -0.1) is 23.7 Å². The molecule has 0 radical (unpaired) electrons. The third-order valence-electron chi connectivity index (χ3n) is 2.25. The molecule has 1 aliphatic rings. The number of nitrogens with two attached hydrogens (primary N) is 2. The number of aliphatic imine (C=N–C) groups is 1. The van der Waals surface area contributed by atoms with Crippen LogP contribution in [0.3, 0.4) is 0 Å². The first-order chi connectivity index (χ1) is 6.72. The number of nitrogens with zero attached hydrogens (tertiary/aromatic N) is 2. The quantitative estimate of drug-likeness (QED) is 0.577. The van der Waals surface area contributed by atoms with Gasteiger partial charge in [0.05, 0.1) is 5.56 Å². The number of fused-ring (bicyclic) bond motifs is 1. The maximum Gasteiger partial charge on any atom is 0.192 e. The van der Waals surface area contributed by atoms with Crippen molar-refractivity contribution in [3.05, 3.63) is 16.0 Å². The van der Waals surface area contributed by atoms with E-state index in [0.717, 1.165) is 24.8 Å².